The molecule has 0 aliphatic rings. The predicted molar refractivity (Wildman–Crippen MR) is 252 cm³/mol. The van der Waals surface area contributed by atoms with E-state index in [0.29, 0.717) is 19.3 Å². The Hall–Kier alpha value is -1.59. The van der Waals surface area contributed by atoms with Gasteiger partial charge in [0, 0.05) is 19.3 Å². The first-order valence-corrected chi connectivity index (χ1v) is 26.4. The van der Waals surface area contributed by atoms with Crippen LogP contribution in [0, 0.1) is 5.92 Å². The fourth-order valence-corrected chi connectivity index (χ4v) is 8.01. The number of unbranched alkanes of at least 4 members (excludes halogenated alkanes) is 34. The lowest BCUT2D eigenvalue weighted by molar-refractivity contribution is -0.167. The number of ether oxygens (including phenoxy) is 3. The molecule has 0 aliphatic heterocycles. The standard InChI is InChI=1S/C53H102O6/c1-5-8-10-12-14-16-18-20-22-23-24-26-28-30-32-37-41-45-52(55)58-48-50(59-53(56)46-42-38-34-33-35-39-43-49(4)7-3)47-57-51(54)44-40-36-31-29-27-25-21-19-17-15-13-11-9-6-2/h49-50H,5-48H2,1-4H3/t49?,50-/m0/s1. The highest BCUT2D eigenvalue weighted by Gasteiger charge is 2.19. The van der Waals surface area contributed by atoms with Crippen molar-refractivity contribution in [1.29, 1.82) is 0 Å². The number of esters is 3. The van der Waals surface area contributed by atoms with Crippen molar-refractivity contribution in [2.45, 2.75) is 303 Å². The molecule has 0 N–H and O–H groups in total. The lowest BCUT2D eigenvalue weighted by Crippen LogP contribution is -2.30. The van der Waals surface area contributed by atoms with E-state index in [9.17, 15) is 14.4 Å². The zero-order valence-corrected chi connectivity index (χ0v) is 40.2. The van der Waals surface area contributed by atoms with E-state index in [-0.39, 0.29) is 31.1 Å². The van der Waals surface area contributed by atoms with Crippen LogP contribution in [0.5, 0.6) is 0 Å². The van der Waals surface area contributed by atoms with E-state index in [0.717, 1.165) is 63.7 Å². The van der Waals surface area contributed by atoms with Crippen LogP contribution in [-0.2, 0) is 28.6 Å². The molecule has 6 heteroatoms. The number of carbonyl (C=O) groups excluding carboxylic acids is 3. The monoisotopic (exact) mass is 835 g/mol. The molecule has 0 bridgehead atoms. The summed E-state index contributed by atoms with van der Waals surface area (Å²) in [7, 11) is 0. The minimum Gasteiger partial charge on any atom is -0.462 e. The molecular weight excluding hydrogens is 733 g/mol. The van der Waals surface area contributed by atoms with Crippen molar-refractivity contribution in [3.63, 3.8) is 0 Å². The summed E-state index contributed by atoms with van der Waals surface area (Å²) in [6.45, 7) is 9.00. The van der Waals surface area contributed by atoms with Gasteiger partial charge in [0.15, 0.2) is 6.10 Å². The highest BCUT2D eigenvalue weighted by Crippen LogP contribution is 2.18. The second-order valence-corrected chi connectivity index (χ2v) is 18.4. The van der Waals surface area contributed by atoms with E-state index in [1.807, 2.05) is 0 Å². The SMILES string of the molecule is CCCCCCCCCCCCCCCCCCCC(=O)OC[C@H](COC(=O)CCCCCCCCCCCCCCCC)OC(=O)CCCCCCCCC(C)CC. The molecule has 59 heavy (non-hydrogen) atoms. The zero-order valence-electron chi connectivity index (χ0n) is 40.2. The Balaban J connectivity index is 4.26. The van der Waals surface area contributed by atoms with Gasteiger partial charge in [-0.1, -0.05) is 259 Å². The quantitative estimate of drug-likeness (QED) is 0.0345. The van der Waals surface area contributed by atoms with E-state index in [1.165, 1.54) is 193 Å². The molecule has 6 nitrogen and oxygen atoms in total. The molecule has 0 rings (SSSR count). The third-order valence-electron chi connectivity index (χ3n) is 12.4. The van der Waals surface area contributed by atoms with Crippen molar-refractivity contribution in [2.24, 2.45) is 5.92 Å². The maximum Gasteiger partial charge on any atom is 0.306 e. The third-order valence-corrected chi connectivity index (χ3v) is 12.4. The minimum atomic E-state index is -0.761. The Labute approximate surface area is 368 Å². The second-order valence-electron chi connectivity index (χ2n) is 18.4. The lowest BCUT2D eigenvalue weighted by atomic mass is 10.00. The van der Waals surface area contributed by atoms with Gasteiger partial charge in [-0.15, -0.1) is 0 Å². The summed E-state index contributed by atoms with van der Waals surface area (Å²) in [6.07, 6.45) is 49.5. The summed E-state index contributed by atoms with van der Waals surface area (Å²) in [5.74, 6) is -0.0368. The van der Waals surface area contributed by atoms with Gasteiger partial charge >= 0.3 is 17.9 Å². The van der Waals surface area contributed by atoms with Gasteiger partial charge in [-0.2, -0.15) is 0 Å². The molecular formula is C53H102O6. The van der Waals surface area contributed by atoms with Gasteiger partial charge < -0.3 is 14.2 Å². The summed E-state index contributed by atoms with van der Waals surface area (Å²) in [5, 5.41) is 0. The molecule has 0 amide bonds. The van der Waals surface area contributed by atoms with Gasteiger partial charge in [0.25, 0.3) is 0 Å². The van der Waals surface area contributed by atoms with E-state index in [4.69, 9.17) is 14.2 Å². The van der Waals surface area contributed by atoms with Gasteiger partial charge in [0.1, 0.15) is 13.2 Å². The second kappa shape index (κ2) is 47.5. The molecule has 0 saturated heterocycles. The van der Waals surface area contributed by atoms with E-state index >= 15 is 0 Å². The molecule has 1 unspecified atom stereocenters. The number of hydrogen-bond donors (Lipinski definition) is 0. The van der Waals surface area contributed by atoms with E-state index < -0.39 is 6.10 Å². The van der Waals surface area contributed by atoms with Gasteiger partial charge in [-0.25, -0.2) is 0 Å². The fraction of sp³-hybridized carbons (Fsp3) is 0.943. The zero-order chi connectivity index (χ0) is 43.1. The first kappa shape index (κ1) is 57.4. The first-order valence-electron chi connectivity index (χ1n) is 26.4. The Morgan fingerprint density at radius 1 is 0.339 bits per heavy atom. The fourth-order valence-electron chi connectivity index (χ4n) is 8.01. The van der Waals surface area contributed by atoms with E-state index in [1.54, 1.807) is 0 Å². The van der Waals surface area contributed by atoms with Crippen LogP contribution >= 0.6 is 0 Å². The van der Waals surface area contributed by atoms with Crippen molar-refractivity contribution in [3.05, 3.63) is 0 Å². The summed E-state index contributed by atoms with van der Waals surface area (Å²) in [5.41, 5.74) is 0. The summed E-state index contributed by atoms with van der Waals surface area (Å²) < 4.78 is 16.8. The van der Waals surface area contributed by atoms with Crippen LogP contribution in [-0.4, -0.2) is 37.2 Å². The van der Waals surface area contributed by atoms with Crippen LogP contribution in [0.15, 0.2) is 0 Å². The first-order chi connectivity index (χ1) is 28.9. The van der Waals surface area contributed by atoms with Crippen LogP contribution in [0.3, 0.4) is 0 Å². The highest BCUT2D eigenvalue weighted by molar-refractivity contribution is 5.71. The average Bonchev–Trinajstić information content (AvgIpc) is 3.23. The van der Waals surface area contributed by atoms with Crippen LogP contribution < -0.4 is 0 Å². The maximum absolute atomic E-state index is 12.7. The lowest BCUT2D eigenvalue weighted by Gasteiger charge is -2.18. The van der Waals surface area contributed by atoms with Gasteiger partial charge in [-0.3, -0.25) is 14.4 Å². The molecule has 0 fully saturated rings. The molecule has 0 saturated carbocycles. The highest BCUT2D eigenvalue weighted by atomic mass is 16.6. The number of hydrogen-bond acceptors (Lipinski definition) is 6. The van der Waals surface area contributed by atoms with Gasteiger partial charge in [0.2, 0.25) is 0 Å². The molecule has 350 valence electrons. The van der Waals surface area contributed by atoms with Crippen molar-refractivity contribution >= 4 is 17.9 Å². The van der Waals surface area contributed by atoms with Crippen LogP contribution in [0.2, 0.25) is 0 Å². The topological polar surface area (TPSA) is 78.9 Å². The van der Waals surface area contributed by atoms with Crippen molar-refractivity contribution in [3.8, 4) is 0 Å². The Morgan fingerprint density at radius 3 is 0.881 bits per heavy atom. The minimum absolute atomic E-state index is 0.0636. The molecule has 0 aromatic rings. The molecule has 0 aromatic heterocycles. The molecule has 0 aromatic carbocycles. The molecule has 0 radical (unpaired) electrons. The Morgan fingerprint density at radius 2 is 0.593 bits per heavy atom. The third kappa shape index (κ3) is 45.8. The average molecular weight is 835 g/mol. The molecule has 0 heterocycles. The predicted octanol–water partition coefficient (Wildman–Crippen LogP) is 17.1. The van der Waals surface area contributed by atoms with Crippen LogP contribution in [0.25, 0.3) is 0 Å². The van der Waals surface area contributed by atoms with Gasteiger partial charge in [-0.05, 0) is 25.2 Å². The van der Waals surface area contributed by atoms with Gasteiger partial charge in [0.05, 0.1) is 0 Å². The summed E-state index contributed by atoms with van der Waals surface area (Å²) in [4.78, 5) is 37.9. The number of rotatable bonds is 48. The summed E-state index contributed by atoms with van der Waals surface area (Å²) in [6, 6.07) is 0. The largest absolute Gasteiger partial charge is 0.462 e. The summed E-state index contributed by atoms with van der Waals surface area (Å²) >= 11 is 0. The maximum atomic E-state index is 12.7. The molecule has 2 atom stereocenters. The van der Waals surface area contributed by atoms with Crippen molar-refractivity contribution in [2.75, 3.05) is 13.2 Å². The van der Waals surface area contributed by atoms with Crippen LogP contribution in [0.4, 0.5) is 0 Å². The smallest absolute Gasteiger partial charge is 0.306 e. The van der Waals surface area contributed by atoms with E-state index in [2.05, 4.69) is 27.7 Å². The number of carbonyl (C=O) groups is 3. The van der Waals surface area contributed by atoms with Crippen molar-refractivity contribution < 1.29 is 28.6 Å². The van der Waals surface area contributed by atoms with Crippen molar-refractivity contribution in [1.82, 2.24) is 0 Å². The Kier molecular flexibility index (Phi) is 46.2. The molecule has 0 spiro atoms. The van der Waals surface area contributed by atoms with Crippen LogP contribution in [0.1, 0.15) is 297 Å². The Bertz CT molecular complexity index is 889. The normalized spacial score (nSPS) is 12.4. The molecule has 0 aliphatic carbocycles.